The number of ether oxygens (including phenoxy) is 2. The molecule has 1 aromatic carbocycles. The van der Waals surface area contributed by atoms with Gasteiger partial charge in [0.25, 0.3) is 0 Å². The van der Waals surface area contributed by atoms with Gasteiger partial charge < -0.3 is 14.8 Å². The van der Waals surface area contributed by atoms with Gasteiger partial charge in [-0.15, -0.1) is 12.4 Å². The number of fused-ring (bicyclic) bond motifs is 2. The van der Waals surface area contributed by atoms with E-state index in [0.717, 1.165) is 36.9 Å². The number of aromatic nitrogens is 1. The largest absolute Gasteiger partial charge is 0.462 e. The van der Waals surface area contributed by atoms with Crippen LogP contribution in [-0.4, -0.2) is 35.8 Å². The van der Waals surface area contributed by atoms with E-state index < -0.39 is 0 Å². The van der Waals surface area contributed by atoms with Crippen molar-refractivity contribution in [2.75, 3.05) is 6.61 Å². The minimum atomic E-state index is -0.370. The van der Waals surface area contributed by atoms with Crippen molar-refractivity contribution in [1.82, 2.24) is 10.3 Å². The minimum Gasteiger partial charge on any atom is -0.462 e. The third-order valence-electron chi connectivity index (χ3n) is 8.52. The van der Waals surface area contributed by atoms with E-state index in [1.807, 2.05) is 31.2 Å². The average molecular weight is 543 g/mol. The second-order valence-electron chi connectivity index (χ2n) is 10.7. The number of benzene rings is 1. The molecule has 6 nitrogen and oxygen atoms in total. The molecule has 1 N–H and O–H groups in total. The normalized spacial score (nSPS) is 30.1. The van der Waals surface area contributed by atoms with Gasteiger partial charge in [-0.2, -0.15) is 0 Å². The Morgan fingerprint density at radius 3 is 2.79 bits per heavy atom. The number of cyclic esters (lactones) is 1. The Morgan fingerprint density at radius 2 is 2.05 bits per heavy atom. The van der Waals surface area contributed by atoms with E-state index in [9.17, 15) is 14.0 Å². The number of nitrogens with zero attached hydrogens (tertiary/aromatic N) is 1. The molecule has 3 fully saturated rings. The topological polar surface area (TPSA) is 77.5 Å². The van der Waals surface area contributed by atoms with Gasteiger partial charge in [-0.05, 0) is 81.9 Å². The number of amides is 1. The maximum absolute atomic E-state index is 14.6. The van der Waals surface area contributed by atoms with Gasteiger partial charge in [-0.25, -0.2) is 9.18 Å². The van der Waals surface area contributed by atoms with Crippen LogP contribution in [0.5, 0.6) is 0 Å². The molecule has 2 aromatic rings. The SMILES string of the molecule is CCOC(=O)N[C@@H]1CC[C@@H]2[C@@H](C1)C[C@H]1C(=O)O[C@H](C)[C@H]1[C@H]2/C=C/c1ccc(-c2cccc(C)c2F)cn1.Cl. The van der Waals surface area contributed by atoms with Crippen molar-refractivity contribution in [2.24, 2.45) is 29.6 Å². The van der Waals surface area contributed by atoms with Gasteiger partial charge in [0.05, 0.1) is 18.2 Å². The molecule has 1 aliphatic heterocycles. The zero-order valence-electron chi connectivity index (χ0n) is 22.1. The molecule has 7 atom stereocenters. The molecule has 1 amide bonds. The Morgan fingerprint density at radius 1 is 1.24 bits per heavy atom. The summed E-state index contributed by atoms with van der Waals surface area (Å²) in [4.78, 5) is 29.3. The van der Waals surface area contributed by atoms with E-state index in [2.05, 4.69) is 16.4 Å². The number of rotatable bonds is 5. The maximum Gasteiger partial charge on any atom is 0.407 e. The van der Waals surface area contributed by atoms with Crippen LogP contribution >= 0.6 is 12.4 Å². The fourth-order valence-corrected chi connectivity index (χ4v) is 6.83. The molecule has 204 valence electrons. The summed E-state index contributed by atoms with van der Waals surface area (Å²) in [6, 6.07) is 9.24. The van der Waals surface area contributed by atoms with Crippen LogP contribution in [0.1, 0.15) is 50.8 Å². The van der Waals surface area contributed by atoms with Gasteiger partial charge in [-0.3, -0.25) is 9.78 Å². The fraction of sp³-hybridized carbons (Fsp3) is 0.500. The number of aryl methyl sites for hydroxylation is 1. The first-order chi connectivity index (χ1) is 17.9. The highest BCUT2D eigenvalue weighted by Crippen LogP contribution is 2.53. The highest BCUT2D eigenvalue weighted by Gasteiger charge is 2.54. The highest BCUT2D eigenvalue weighted by atomic mass is 35.5. The number of alkyl carbamates (subject to hydrolysis) is 1. The fourth-order valence-electron chi connectivity index (χ4n) is 6.83. The van der Waals surface area contributed by atoms with E-state index in [-0.39, 0.29) is 60.2 Å². The first-order valence-electron chi connectivity index (χ1n) is 13.4. The highest BCUT2D eigenvalue weighted by molar-refractivity contribution is 5.85. The smallest absolute Gasteiger partial charge is 0.407 e. The summed E-state index contributed by atoms with van der Waals surface area (Å²) in [5.41, 5.74) is 2.69. The van der Waals surface area contributed by atoms with E-state index in [0.29, 0.717) is 29.6 Å². The molecule has 5 rings (SSSR count). The molecule has 3 aliphatic rings. The molecule has 0 unspecified atom stereocenters. The Hall–Kier alpha value is -2.93. The van der Waals surface area contributed by atoms with Crippen molar-refractivity contribution in [2.45, 2.75) is 58.6 Å². The minimum absolute atomic E-state index is 0. The quantitative estimate of drug-likeness (QED) is 0.445. The molecule has 1 saturated heterocycles. The average Bonchev–Trinajstić information content (AvgIpc) is 3.16. The van der Waals surface area contributed by atoms with Crippen LogP contribution in [-0.2, 0) is 14.3 Å². The van der Waals surface area contributed by atoms with Crippen LogP contribution in [0.4, 0.5) is 9.18 Å². The Balaban J connectivity index is 0.00000336. The van der Waals surface area contributed by atoms with Crippen molar-refractivity contribution >= 4 is 30.5 Å². The number of hydrogen-bond donors (Lipinski definition) is 1. The van der Waals surface area contributed by atoms with E-state index in [1.54, 1.807) is 32.2 Å². The van der Waals surface area contributed by atoms with E-state index >= 15 is 0 Å². The molecule has 8 heteroatoms. The number of nitrogens with one attached hydrogen (secondary N) is 1. The van der Waals surface area contributed by atoms with Crippen LogP contribution in [0.15, 0.2) is 42.6 Å². The number of allylic oxidation sites excluding steroid dienone is 1. The number of halogens is 2. The summed E-state index contributed by atoms with van der Waals surface area (Å²) in [6.45, 7) is 5.90. The summed E-state index contributed by atoms with van der Waals surface area (Å²) < 4.78 is 25.3. The molecule has 2 aliphatic carbocycles. The van der Waals surface area contributed by atoms with Gasteiger partial charge in [0.2, 0.25) is 0 Å². The van der Waals surface area contributed by atoms with Gasteiger partial charge in [0.15, 0.2) is 0 Å². The third kappa shape index (κ3) is 5.58. The number of esters is 1. The second-order valence-corrected chi connectivity index (χ2v) is 10.7. The lowest BCUT2D eigenvalue weighted by atomic mass is 9.57. The molecule has 2 saturated carbocycles. The van der Waals surface area contributed by atoms with E-state index in [1.165, 1.54) is 0 Å². The first kappa shape index (κ1) is 28.1. The van der Waals surface area contributed by atoms with E-state index in [4.69, 9.17) is 9.47 Å². The summed E-state index contributed by atoms with van der Waals surface area (Å²) in [5.74, 6) is 0.623. The Bertz CT molecular complexity index is 1190. The molecule has 0 bridgehead atoms. The molecule has 0 radical (unpaired) electrons. The summed E-state index contributed by atoms with van der Waals surface area (Å²) >= 11 is 0. The van der Waals surface area contributed by atoms with Crippen LogP contribution in [0.2, 0.25) is 0 Å². The van der Waals surface area contributed by atoms with Crippen LogP contribution in [0, 0.1) is 42.3 Å². The predicted octanol–water partition coefficient (Wildman–Crippen LogP) is 6.36. The van der Waals surface area contributed by atoms with Crippen molar-refractivity contribution in [3.63, 3.8) is 0 Å². The van der Waals surface area contributed by atoms with Crippen LogP contribution in [0.25, 0.3) is 17.2 Å². The van der Waals surface area contributed by atoms with Crippen LogP contribution < -0.4 is 5.32 Å². The third-order valence-corrected chi connectivity index (χ3v) is 8.52. The molecule has 1 aromatic heterocycles. The molecular weight excluding hydrogens is 507 g/mol. The number of pyridine rings is 1. The lowest BCUT2D eigenvalue weighted by Crippen LogP contribution is -2.48. The van der Waals surface area contributed by atoms with Crippen molar-refractivity contribution in [1.29, 1.82) is 0 Å². The van der Waals surface area contributed by atoms with Crippen molar-refractivity contribution in [3.05, 3.63) is 59.7 Å². The number of hydrogen-bond acceptors (Lipinski definition) is 5. The molecular formula is C30H36ClFN2O4. The number of carbonyl (C=O) groups excluding carboxylic acids is 2. The zero-order valence-corrected chi connectivity index (χ0v) is 22.9. The second kappa shape index (κ2) is 11.9. The van der Waals surface area contributed by atoms with Gasteiger partial charge in [-0.1, -0.05) is 30.3 Å². The lowest BCUT2D eigenvalue weighted by Gasteiger charge is -2.47. The molecule has 0 spiro atoms. The number of carbonyl (C=O) groups is 2. The summed E-state index contributed by atoms with van der Waals surface area (Å²) in [5, 5.41) is 3.00. The van der Waals surface area contributed by atoms with Gasteiger partial charge in [0.1, 0.15) is 11.9 Å². The monoisotopic (exact) mass is 542 g/mol. The Kier molecular flexibility index (Phi) is 8.76. The van der Waals surface area contributed by atoms with Crippen LogP contribution in [0.3, 0.4) is 0 Å². The molecule has 2 heterocycles. The first-order valence-corrected chi connectivity index (χ1v) is 13.4. The Labute approximate surface area is 229 Å². The summed E-state index contributed by atoms with van der Waals surface area (Å²) in [6.07, 6.45) is 8.96. The lowest BCUT2D eigenvalue weighted by molar-refractivity contribution is -0.144. The molecule has 38 heavy (non-hydrogen) atoms. The van der Waals surface area contributed by atoms with Crippen molar-refractivity contribution in [3.8, 4) is 11.1 Å². The van der Waals surface area contributed by atoms with Gasteiger partial charge >= 0.3 is 12.1 Å². The standard InChI is InChI=1S/C30H35FN2O4.ClH/c1-4-36-30(35)33-22-11-12-23-20(14-22)15-26-27(18(3)37-29(26)34)25(23)13-10-21-9-8-19(16-32-21)24-7-5-6-17(2)28(24)31;/h5-10,13,16,18,20,22-23,25-27H,4,11-12,14-15H2,1-3H3,(H,33,35);1H/b13-10+;/t18-,20+,22-,23-,25+,26-,27+;/m1./s1. The zero-order chi connectivity index (χ0) is 26.1. The predicted molar refractivity (Wildman–Crippen MR) is 146 cm³/mol. The maximum atomic E-state index is 14.6. The van der Waals surface area contributed by atoms with Gasteiger partial charge in [0, 0.05) is 29.3 Å². The van der Waals surface area contributed by atoms with Crippen molar-refractivity contribution < 1.29 is 23.5 Å². The summed E-state index contributed by atoms with van der Waals surface area (Å²) in [7, 11) is 0.